The van der Waals surface area contributed by atoms with E-state index < -0.39 is 27.3 Å². The molecule has 1 aliphatic carbocycles. The number of anilines is 1. The minimum atomic E-state index is -1.24. The van der Waals surface area contributed by atoms with E-state index in [4.69, 9.17) is 5.73 Å². The topological polar surface area (TPSA) is 84.9 Å². The summed E-state index contributed by atoms with van der Waals surface area (Å²) in [6, 6.07) is 14.1. The highest BCUT2D eigenvalue weighted by Gasteiger charge is 2.59. The van der Waals surface area contributed by atoms with Gasteiger partial charge < -0.3 is 10.3 Å². The molecule has 0 aliphatic heterocycles. The molecule has 1 saturated carbocycles. The molecule has 1 fully saturated rings. The predicted molar refractivity (Wildman–Crippen MR) is 102 cm³/mol. The van der Waals surface area contributed by atoms with Crippen LogP contribution in [0.3, 0.4) is 0 Å². The van der Waals surface area contributed by atoms with Crippen molar-refractivity contribution < 1.29 is 8.94 Å². The standard InChI is InChI=1S/C20H22FN3OS/c1-19(2,3)26(25)24-18-11-20(18,14-6-4-5-13(9-14)12-22)15-7-8-16(21)17(23)10-15/h4-10,18,24H,11,23H2,1-3H3/t18-,20-,26?/m1/s1. The Morgan fingerprint density at radius 3 is 2.58 bits per heavy atom. The van der Waals surface area contributed by atoms with Crippen molar-refractivity contribution in [1.29, 1.82) is 5.26 Å². The third-order valence-electron chi connectivity index (χ3n) is 4.78. The van der Waals surface area contributed by atoms with E-state index >= 15 is 0 Å². The summed E-state index contributed by atoms with van der Waals surface area (Å²) in [6.07, 6.45) is 0.703. The van der Waals surface area contributed by atoms with Crippen LogP contribution in [0.5, 0.6) is 0 Å². The van der Waals surface area contributed by atoms with Gasteiger partial charge in [-0.3, -0.25) is 0 Å². The molecule has 1 aliphatic rings. The molecule has 3 rings (SSSR count). The second-order valence-corrected chi connectivity index (χ2v) is 9.65. The van der Waals surface area contributed by atoms with Gasteiger partial charge in [0.15, 0.2) is 0 Å². The third kappa shape index (κ3) is 3.30. The summed E-state index contributed by atoms with van der Waals surface area (Å²) in [7, 11) is 0. The zero-order valence-electron chi connectivity index (χ0n) is 15.0. The number of rotatable bonds is 4. The first-order valence-electron chi connectivity index (χ1n) is 8.42. The summed E-state index contributed by atoms with van der Waals surface area (Å²) in [5, 5.41) is 9.23. The van der Waals surface area contributed by atoms with Crippen molar-refractivity contribution >= 4 is 17.0 Å². The largest absolute Gasteiger partial charge is 0.598 e. The lowest BCUT2D eigenvalue weighted by Crippen LogP contribution is -2.42. The summed E-state index contributed by atoms with van der Waals surface area (Å²) in [5.74, 6) is -0.460. The minimum Gasteiger partial charge on any atom is -0.598 e. The zero-order valence-corrected chi connectivity index (χ0v) is 15.9. The normalized spacial score (nSPS) is 23.3. The third-order valence-corrected chi connectivity index (χ3v) is 6.40. The van der Waals surface area contributed by atoms with E-state index in [9.17, 15) is 14.2 Å². The van der Waals surface area contributed by atoms with Crippen molar-refractivity contribution in [2.45, 2.75) is 43.4 Å². The zero-order chi connectivity index (χ0) is 19.1. The van der Waals surface area contributed by atoms with Crippen LogP contribution < -0.4 is 10.5 Å². The predicted octanol–water partition coefficient (Wildman–Crippen LogP) is 3.39. The number of hydrogen-bond acceptors (Lipinski definition) is 4. The Hall–Kier alpha value is -2.07. The number of nitrogen functional groups attached to an aromatic ring is 1. The van der Waals surface area contributed by atoms with Gasteiger partial charge in [0.25, 0.3) is 0 Å². The van der Waals surface area contributed by atoms with Crippen LogP contribution in [0.1, 0.15) is 43.9 Å². The lowest BCUT2D eigenvalue weighted by molar-refractivity contribution is 0.539. The van der Waals surface area contributed by atoms with Gasteiger partial charge in [0.1, 0.15) is 10.6 Å². The Balaban J connectivity index is 2.04. The van der Waals surface area contributed by atoms with E-state index in [1.54, 1.807) is 18.2 Å². The molecular weight excluding hydrogens is 349 g/mol. The van der Waals surface area contributed by atoms with Crippen LogP contribution in [-0.2, 0) is 16.8 Å². The molecular formula is C20H22FN3OS. The van der Waals surface area contributed by atoms with Gasteiger partial charge in [-0.1, -0.05) is 18.2 Å². The molecule has 0 heterocycles. The lowest BCUT2D eigenvalue weighted by Gasteiger charge is -2.26. The van der Waals surface area contributed by atoms with Crippen molar-refractivity contribution in [1.82, 2.24) is 4.72 Å². The molecule has 6 heteroatoms. The fourth-order valence-corrected chi connectivity index (χ4v) is 4.10. The number of nitriles is 1. The van der Waals surface area contributed by atoms with Crippen molar-refractivity contribution in [2.75, 3.05) is 5.73 Å². The average molecular weight is 371 g/mol. The highest BCUT2D eigenvalue weighted by Crippen LogP contribution is 2.54. The average Bonchev–Trinajstić information content (AvgIpc) is 3.31. The first-order valence-corrected chi connectivity index (χ1v) is 9.57. The number of halogens is 1. The van der Waals surface area contributed by atoms with E-state index in [0.717, 1.165) is 11.1 Å². The van der Waals surface area contributed by atoms with Gasteiger partial charge in [-0.2, -0.15) is 5.26 Å². The molecule has 0 saturated heterocycles. The van der Waals surface area contributed by atoms with E-state index in [1.807, 2.05) is 39.0 Å². The van der Waals surface area contributed by atoms with Crippen LogP contribution in [-0.4, -0.2) is 15.3 Å². The van der Waals surface area contributed by atoms with Crippen molar-refractivity contribution in [3.05, 3.63) is 65.0 Å². The van der Waals surface area contributed by atoms with Crippen LogP contribution in [0.15, 0.2) is 42.5 Å². The van der Waals surface area contributed by atoms with Gasteiger partial charge in [0.05, 0.1) is 23.4 Å². The summed E-state index contributed by atoms with van der Waals surface area (Å²) in [6.45, 7) is 5.73. The fraction of sp³-hybridized carbons (Fsp3) is 0.350. The van der Waals surface area contributed by atoms with Crippen molar-refractivity contribution in [3.8, 4) is 6.07 Å². The van der Waals surface area contributed by atoms with Gasteiger partial charge in [-0.15, -0.1) is 4.72 Å². The number of nitrogens with zero attached hydrogens (tertiary/aromatic N) is 1. The highest BCUT2D eigenvalue weighted by atomic mass is 32.2. The van der Waals surface area contributed by atoms with Crippen molar-refractivity contribution in [3.63, 3.8) is 0 Å². The second-order valence-electron chi connectivity index (χ2n) is 7.66. The van der Waals surface area contributed by atoms with E-state index in [2.05, 4.69) is 10.8 Å². The van der Waals surface area contributed by atoms with Gasteiger partial charge in [0, 0.05) is 16.8 Å². The lowest BCUT2D eigenvalue weighted by atomic mass is 9.86. The van der Waals surface area contributed by atoms with Gasteiger partial charge in [-0.25, -0.2) is 4.39 Å². The van der Waals surface area contributed by atoms with E-state index in [0.29, 0.717) is 12.0 Å². The maximum absolute atomic E-state index is 13.7. The molecule has 0 spiro atoms. The Labute approximate surface area is 156 Å². The molecule has 0 aromatic heterocycles. The van der Waals surface area contributed by atoms with Crippen LogP contribution in [0.2, 0.25) is 0 Å². The number of nitrogens with two attached hydrogens (primary N) is 1. The van der Waals surface area contributed by atoms with E-state index in [1.165, 1.54) is 6.07 Å². The fourth-order valence-electron chi connectivity index (χ4n) is 3.20. The van der Waals surface area contributed by atoms with Crippen LogP contribution in [0, 0.1) is 17.1 Å². The summed E-state index contributed by atoms with van der Waals surface area (Å²) < 4.78 is 29.0. The molecule has 1 unspecified atom stereocenters. The monoisotopic (exact) mass is 371 g/mol. The van der Waals surface area contributed by atoms with Gasteiger partial charge >= 0.3 is 0 Å². The maximum atomic E-state index is 13.7. The first kappa shape index (κ1) is 18.7. The molecule has 0 amide bonds. The molecule has 136 valence electrons. The minimum absolute atomic E-state index is 0.0821. The molecule has 2 aromatic carbocycles. The van der Waals surface area contributed by atoms with Crippen LogP contribution in [0.4, 0.5) is 10.1 Å². The quantitative estimate of drug-likeness (QED) is 0.637. The molecule has 2 aromatic rings. The van der Waals surface area contributed by atoms with Crippen molar-refractivity contribution in [2.24, 2.45) is 0 Å². The first-order chi connectivity index (χ1) is 12.2. The smallest absolute Gasteiger partial charge is 0.146 e. The molecule has 4 nitrogen and oxygen atoms in total. The van der Waals surface area contributed by atoms with Gasteiger partial charge in [-0.05, 0) is 62.6 Å². The number of benzene rings is 2. The molecule has 3 atom stereocenters. The second kappa shape index (κ2) is 6.58. The summed E-state index contributed by atoms with van der Waals surface area (Å²) in [4.78, 5) is 0. The highest BCUT2D eigenvalue weighted by molar-refractivity contribution is 7.90. The Morgan fingerprint density at radius 2 is 1.96 bits per heavy atom. The Morgan fingerprint density at radius 1 is 1.27 bits per heavy atom. The van der Waals surface area contributed by atoms with E-state index in [-0.39, 0.29) is 11.7 Å². The Kier molecular flexibility index (Phi) is 4.74. The number of nitrogens with one attached hydrogen (secondary N) is 1. The molecule has 0 bridgehead atoms. The summed E-state index contributed by atoms with van der Waals surface area (Å²) >= 11 is -1.24. The number of hydrogen-bond donors (Lipinski definition) is 2. The molecule has 26 heavy (non-hydrogen) atoms. The van der Waals surface area contributed by atoms with Crippen LogP contribution >= 0.6 is 0 Å². The van der Waals surface area contributed by atoms with Gasteiger partial charge in [0.2, 0.25) is 0 Å². The Bertz CT molecular complexity index is 874. The summed E-state index contributed by atoms with van der Waals surface area (Å²) in [5.41, 5.74) is 7.74. The maximum Gasteiger partial charge on any atom is 0.146 e. The SMILES string of the molecule is CC(C)(C)[S+]([O-])N[C@@H]1C[C@@]1(c1cccc(C#N)c1)c1ccc(F)c(N)c1. The molecule has 0 radical (unpaired) electrons. The molecule has 3 N–H and O–H groups in total. The van der Waals surface area contributed by atoms with Crippen LogP contribution in [0.25, 0.3) is 0 Å².